The van der Waals surface area contributed by atoms with Crippen LogP contribution in [0.5, 0.6) is 0 Å². The number of nitrogen functional groups attached to an aromatic ring is 1. The lowest BCUT2D eigenvalue weighted by Crippen LogP contribution is -2.19. The van der Waals surface area contributed by atoms with Gasteiger partial charge in [-0.05, 0) is 24.5 Å². The predicted octanol–water partition coefficient (Wildman–Crippen LogP) is 1.53. The molecule has 3 nitrogen and oxygen atoms in total. The third-order valence-electron chi connectivity index (χ3n) is 2.73. The highest BCUT2D eigenvalue weighted by Crippen LogP contribution is 2.29. The molecule has 1 saturated heterocycles. The van der Waals surface area contributed by atoms with E-state index in [1.807, 2.05) is 25.1 Å². The number of benzene rings is 1. The molecule has 3 N–H and O–H groups in total. The van der Waals surface area contributed by atoms with Gasteiger partial charge >= 0.3 is 0 Å². The van der Waals surface area contributed by atoms with Crippen LogP contribution in [0.2, 0.25) is 0 Å². The van der Waals surface area contributed by atoms with E-state index in [1.54, 1.807) is 0 Å². The van der Waals surface area contributed by atoms with Crippen molar-refractivity contribution in [2.24, 2.45) is 0 Å². The Morgan fingerprint density at radius 3 is 2.93 bits per heavy atom. The van der Waals surface area contributed by atoms with E-state index in [4.69, 9.17) is 5.73 Å². The molecule has 74 valence electrons. The van der Waals surface area contributed by atoms with Gasteiger partial charge in [0.15, 0.2) is 0 Å². The zero-order chi connectivity index (χ0) is 10.1. The summed E-state index contributed by atoms with van der Waals surface area (Å²) >= 11 is 0. The van der Waals surface area contributed by atoms with Gasteiger partial charge in [-0.1, -0.05) is 18.2 Å². The number of nitrogens with two attached hydrogens (primary N) is 1. The van der Waals surface area contributed by atoms with Crippen molar-refractivity contribution in [3.63, 3.8) is 0 Å². The van der Waals surface area contributed by atoms with Gasteiger partial charge in [0.2, 0.25) is 5.91 Å². The van der Waals surface area contributed by atoms with Crippen LogP contribution in [0.3, 0.4) is 0 Å². The standard InChI is InChI=1S/C11H14N2O/c1-7-3-2-4-8(11(7)12)9-5-6-10(14)13-9/h2-4,9H,5-6,12H2,1H3,(H,13,14)/t9-/m1/s1. The van der Waals surface area contributed by atoms with Gasteiger partial charge in [0, 0.05) is 12.1 Å². The van der Waals surface area contributed by atoms with Crippen molar-refractivity contribution in [2.75, 3.05) is 5.73 Å². The van der Waals surface area contributed by atoms with Crippen molar-refractivity contribution >= 4 is 11.6 Å². The van der Waals surface area contributed by atoms with Gasteiger partial charge in [-0.15, -0.1) is 0 Å². The smallest absolute Gasteiger partial charge is 0.220 e. The Morgan fingerprint density at radius 2 is 2.29 bits per heavy atom. The zero-order valence-corrected chi connectivity index (χ0v) is 8.21. The van der Waals surface area contributed by atoms with Gasteiger partial charge in [-0.25, -0.2) is 0 Å². The van der Waals surface area contributed by atoms with Crippen molar-refractivity contribution < 1.29 is 4.79 Å². The van der Waals surface area contributed by atoms with Crippen LogP contribution < -0.4 is 11.1 Å². The molecule has 1 amide bonds. The molecular formula is C11H14N2O. The van der Waals surface area contributed by atoms with Crippen LogP contribution in [0.25, 0.3) is 0 Å². The van der Waals surface area contributed by atoms with E-state index in [9.17, 15) is 4.79 Å². The average molecular weight is 190 g/mol. The molecule has 0 spiro atoms. The Labute approximate surface area is 83.3 Å². The molecule has 2 rings (SSSR count). The molecule has 0 radical (unpaired) electrons. The van der Waals surface area contributed by atoms with Gasteiger partial charge in [0.25, 0.3) is 0 Å². The van der Waals surface area contributed by atoms with Crippen LogP contribution >= 0.6 is 0 Å². The van der Waals surface area contributed by atoms with Gasteiger partial charge in [-0.2, -0.15) is 0 Å². The molecule has 3 heteroatoms. The number of hydrogen-bond acceptors (Lipinski definition) is 2. The highest BCUT2D eigenvalue weighted by Gasteiger charge is 2.23. The minimum Gasteiger partial charge on any atom is -0.398 e. The maximum absolute atomic E-state index is 11.1. The second-order valence-electron chi connectivity index (χ2n) is 3.74. The number of nitrogens with one attached hydrogen (secondary N) is 1. The summed E-state index contributed by atoms with van der Waals surface area (Å²) in [4.78, 5) is 11.1. The number of aryl methyl sites for hydroxylation is 1. The molecule has 0 unspecified atom stereocenters. The quantitative estimate of drug-likeness (QED) is 0.660. The number of rotatable bonds is 1. The molecule has 1 aromatic rings. The lowest BCUT2D eigenvalue weighted by atomic mass is 10.0. The molecule has 1 atom stereocenters. The fraction of sp³-hybridized carbons (Fsp3) is 0.364. The van der Waals surface area contributed by atoms with Crippen LogP contribution in [0.15, 0.2) is 18.2 Å². The summed E-state index contributed by atoms with van der Waals surface area (Å²) in [6.07, 6.45) is 1.46. The molecule has 1 fully saturated rings. The van der Waals surface area contributed by atoms with Crippen molar-refractivity contribution in [1.82, 2.24) is 5.32 Å². The second kappa shape index (κ2) is 3.33. The second-order valence-corrected chi connectivity index (χ2v) is 3.74. The molecule has 1 heterocycles. The predicted molar refractivity (Wildman–Crippen MR) is 55.7 cm³/mol. The van der Waals surface area contributed by atoms with E-state index in [0.29, 0.717) is 6.42 Å². The number of anilines is 1. The molecule has 1 aliphatic rings. The van der Waals surface area contributed by atoms with Crippen LogP contribution in [0.4, 0.5) is 5.69 Å². The lowest BCUT2D eigenvalue weighted by Gasteiger charge is -2.14. The first-order valence-electron chi connectivity index (χ1n) is 4.83. The number of carbonyl (C=O) groups is 1. The van der Waals surface area contributed by atoms with Crippen LogP contribution in [-0.2, 0) is 4.79 Å². The minimum atomic E-state index is 0.113. The van der Waals surface area contributed by atoms with Crippen molar-refractivity contribution in [3.8, 4) is 0 Å². The highest BCUT2D eigenvalue weighted by molar-refractivity contribution is 5.79. The maximum Gasteiger partial charge on any atom is 0.220 e. The maximum atomic E-state index is 11.1. The Balaban J connectivity index is 2.32. The van der Waals surface area contributed by atoms with Crippen molar-refractivity contribution in [3.05, 3.63) is 29.3 Å². The number of hydrogen-bond donors (Lipinski definition) is 2. The molecule has 0 bridgehead atoms. The molecule has 14 heavy (non-hydrogen) atoms. The molecule has 0 aliphatic carbocycles. The first kappa shape index (κ1) is 9.06. The Morgan fingerprint density at radius 1 is 1.50 bits per heavy atom. The first-order chi connectivity index (χ1) is 6.68. The van der Waals surface area contributed by atoms with Gasteiger partial charge < -0.3 is 11.1 Å². The Hall–Kier alpha value is -1.51. The summed E-state index contributed by atoms with van der Waals surface area (Å²) in [5, 5.41) is 2.92. The fourth-order valence-electron chi connectivity index (χ4n) is 1.85. The Kier molecular flexibility index (Phi) is 2.15. The normalized spacial score (nSPS) is 20.9. The Bertz CT molecular complexity index is 374. The molecular weight excluding hydrogens is 176 g/mol. The number of amides is 1. The summed E-state index contributed by atoms with van der Waals surface area (Å²) in [5.41, 5.74) is 8.89. The monoisotopic (exact) mass is 190 g/mol. The molecule has 1 aliphatic heterocycles. The fourth-order valence-corrected chi connectivity index (χ4v) is 1.85. The topological polar surface area (TPSA) is 55.1 Å². The summed E-state index contributed by atoms with van der Waals surface area (Å²) in [7, 11) is 0. The van der Waals surface area contributed by atoms with E-state index >= 15 is 0 Å². The third kappa shape index (κ3) is 1.45. The van der Waals surface area contributed by atoms with Crippen LogP contribution in [0.1, 0.15) is 30.0 Å². The van der Waals surface area contributed by atoms with Crippen molar-refractivity contribution in [1.29, 1.82) is 0 Å². The minimum absolute atomic E-state index is 0.113. The van der Waals surface area contributed by atoms with Crippen LogP contribution in [0, 0.1) is 6.92 Å². The molecule has 0 saturated carbocycles. The van der Waals surface area contributed by atoms with Gasteiger partial charge in [-0.3, -0.25) is 4.79 Å². The molecule has 1 aromatic carbocycles. The summed E-state index contributed by atoms with van der Waals surface area (Å²) < 4.78 is 0. The largest absolute Gasteiger partial charge is 0.398 e. The van der Waals surface area contributed by atoms with Crippen molar-refractivity contribution in [2.45, 2.75) is 25.8 Å². The van der Waals surface area contributed by atoms with Gasteiger partial charge in [0.1, 0.15) is 0 Å². The SMILES string of the molecule is Cc1cccc([C@H]2CCC(=O)N2)c1N. The third-order valence-corrected chi connectivity index (χ3v) is 2.73. The van der Waals surface area contributed by atoms with E-state index in [0.717, 1.165) is 23.2 Å². The van der Waals surface area contributed by atoms with Gasteiger partial charge in [0.05, 0.1) is 6.04 Å². The number of para-hydroxylation sites is 1. The number of carbonyl (C=O) groups excluding carboxylic acids is 1. The molecule has 0 aromatic heterocycles. The lowest BCUT2D eigenvalue weighted by molar-refractivity contribution is -0.119. The summed E-state index contributed by atoms with van der Waals surface area (Å²) in [6.45, 7) is 1.98. The first-order valence-corrected chi connectivity index (χ1v) is 4.83. The van der Waals surface area contributed by atoms with E-state index < -0.39 is 0 Å². The van der Waals surface area contributed by atoms with E-state index in [-0.39, 0.29) is 11.9 Å². The summed E-state index contributed by atoms with van der Waals surface area (Å²) in [6, 6.07) is 6.06. The van der Waals surface area contributed by atoms with E-state index in [1.165, 1.54) is 0 Å². The highest BCUT2D eigenvalue weighted by atomic mass is 16.1. The summed E-state index contributed by atoms with van der Waals surface area (Å²) in [5.74, 6) is 0.121. The van der Waals surface area contributed by atoms with Crippen LogP contribution in [-0.4, -0.2) is 5.91 Å². The van der Waals surface area contributed by atoms with E-state index in [2.05, 4.69) is 5.32 Å². The zero-order valence-electron chi connectivity index (χ0n) is 8.21. The average Bonchev–Trinajstić information content (AvgIpc) is 2.57.